The van der Waals surface area contributed by atoms with Crippen LogP contribution in [0.1, 0.15) is 51.5 Å². The maximum absolute atomic E-state index is 13.9. The van der Waals surface area contributed by atoms with Crippen LogP contribution in [0.3, 0.4) is 0 Å². The number of hydrogen-bond donors (Lipinski definition) is 1. The maximum Gasteiger partial charge on any atom is 0.322 e. The Hall–Kier alpha value is -4.13. The van der Waals surface area contributed by atoms with Crippen LogP contribution in [0.2, 0.25) is 0 Å². The lowest BCUT2D eigenvalue weighted by Gasteiger charge is -2.31. The molecule has 2 amide bonds. The minimum absolute atomic E-state index is 0.143. The molecule has 4 aromatic rings. The zero-order chi connectivity index (χ0) is 27.2. The summed E-state index contributed by atoms with van der Waals surface area (Å²) in [6.45, 7) is 8.77. The van der Waals surface area contributed by atoms with Crippen molar-refractivity contribution in [2.75, 3.05) is 19.0 Å². The Bertz CT molecular complexity index is 1480. The number of nitrogens with zero attached hydrogens (tertiary/aromatic N) is 3. The first-order valence-corrected chi connectivity index (χ1v) is 13.2. The highest BCUT2D eigenvalue weighted by atomic mass is 16.5. The van der Waals surface area contributed by atoms with Crippen molar-refractivity contribution in [3.8, 4) is 11.4 Å². The van der Waals surface area contributed by atoms with Gasteiger partial charge in [0.15, 0.2) is 0 Å². The topological polar surface area (TPSA) is 76.5 Å². The fourth-order valence-electron chi connectivity index (χ4n) is 4.59. The van der Waals surface area contributed by atoms with E-state index in [0.717, 1.165) is 24.1 Å². The summed E-state index contributed by atoms with van der Waals surface area (Å²) < 4.78 is 7.01. The first-order valence-electron chi connectivity index (χ1n) is 13.2. The van der Waals surface area contributed by atoms with Gasteiger partial charge in [0.05, 0.1) is 29.7 Å². The number of hydrogen-bond acceptors (Lipinski definition) is 4. The molecule has 1 heterocycles. The molecule has 7 nitrogen and oxygen atoms in total. The van der Waals surface area contributed by atoms with Crippen LogP contribution in [0.5, 0.6) is 5.75 Å². The minimum atomic E-state index is -0.485. The molecule has 1 atom stereocenters. The summed E-state index contributed by atoms with van der Waals surface area (Å²) in [5.41, 5.74) is 2.93. The lowest BCUT2D eigenvalue weighted by atomic mass is 10.1. The number of nitrogens with one attached hydrogen (secondary N) is 1. The van der Waals surface area contributed by atoms with Crippen molar-refractivity contribution in [1.29, 1.82) is 0 Å². The predicted molar refractivity (Wildman–Crippen MR) is 153 cm³/mol. The zero-order valence-corrected chi connectivity index (χ0v) is 22.8. The van der Waals surface area contributed by atoms with Crippen molar-refractivity contribution in [2.24, 2.45) is 5.92 Å². The maximum atomic E-state index is 13.9. The number of amides is 2. The molecule has 0 aliphatic carbocycles. The Morgan fingerprint density at radius 3 is 2.50 bits per heavy atom. The van der Waals surface area contributed by atoms with Crippen LogP contribution in [0, 0.1) is 5.92 Å². The van der Waals surface area contributed by atoms with E-state index in [0.29, 0.717) is 40.6 Å². The molecule has 1 unspecified atom stereocenters. The normalized spacial score (nSPS) is 11.9. The lowest BCUT2D eigenvalue weighted by molar-refractivity contribution is 0.185. The van der Waals surface area contributed by atoms with Gasteiger partial charge in [0, 0.05) is 18.3 Å². The number of anilines is 1. The number of para-hydroxylation sites is 2. The summed E-state index contributed by atoms with van der Waals surface area (Å²) in [6.07, 6.45) is 1.57. The second-order valence-electron chi connectivity index (χ2n) is 9.82. The molecule has 0 aliphatic heterocycles. The number of aromatic nitrogens is 2. The molecule has 198 valence electrons. The molecule has 0 bridgehead atoms. The van der Waals surface area contributed by atoms with Crippen LogP contribution >= 0.6 is 0 Å². The van der Waals surface area contributed by atoms with Crippen LogP contribution < -0.4 is 15.6 Å². The van der Waals surface area contributed by atoms with Gasteiger partial charge < -0.3 is 15.0 Å². The van der Waals surface area contributed by atoms with Crippen molar-refractivity contribution in [3.05, 3.63) is 94.5 Å². The van der Waals surface area contributed by atoms with Gasteiger partial charge in [-0.3, -0.25) is 9.36 Å². The highest BCUT2D eigenvalue weighted by molar-refractivity contribution is 5.90. The van der Waals surface area contributed by atoms with Crippen LogP contribution in [-0.4, -0.2) is 34.1 Å². The summed E-state index contributed by atoms with van der Waals surface area (Å²) in [6, 6.07) is 21.8. The second-order valence-corrected chi connectivity index (χ2v) is 9.82. The Labute approximate surface area is 224 Å². The second kappa shape index (κ2) is 11.9. The minimum Gasteiger partial charge on any atom is -0.497 e. The van der Waals surface area contributed by atoms with Crippen LogP contribution in [0.4, 0.5) is 10.5 Å². The largest absolute Gasteiger partial charge is 0.497 e. The number of rotatable bonds is 9. The summed E-state index contributed by atoms with van der Waals surface area (Å²) >= 11 is 0. The smallest absolute Gasteiger partial charge is 0.322 e. The third kappa shape index (κ3) is 5.72. The van der Waals surface area contributed by atoms with Crippen LogP contribution in [0.25, 0.3) is 16.6 Å². The average molecular weight is 513 g/mol. The van der Waals surface area contributed by atoms with E-state index >= 15 is 0 Å². The molecule has 1 N–H and O–H groups in total. The molecule has 7 heteroatoms. The van der Waals surface area contributed by atoms with Gasteiger partial charge in [-0.15, -0.1) is 0 Å². The van der Waals surface area contributed by atoms with Crippen molar-refractivity contribution in [1.82, 2.24) is 14.5 Å². The number of methoxy groups -OCH3 is 1. The average Bonchev–Trinajstić information content (AvgIpc) is 2.93. The van der Waals surface area contributed by atoms with E-state index in [9.17, 15) is 9.59 Å². The van der Waals surface area contributed by atoms with E-state index < -0.39 is 6.04 Å². The number of urea groups is 1. The van der Waals surface area contributed by atoms with Crippen molar-refractivity contribution < 1.29 is 9.53 Å². The van der Waals surface area contributed by atoms with Gasteiger partial charge in [0.2, 0.25) is 0 Å². The Morgan fingerprint density at radius 2 is 1.76 bits per heavy atom. The summed E-state index contributed by atoms with van der Waals surface area (Å²) in [5.74, 6) is 1.58. The van der Waals surface area contributed by atoms with Gasteiger partial charge in [0.25, 0.3) is 5.56 Å². The quantitative estimate of drug-likeness (QED) is 0.274. The first kappa shape index (κ1) is 26.9. The molecule has 38 heavy (non-hydrogen) atoms. The molecule has 3 aromatic carbocycles. The Balaban J connectivity index is 1.85. The first-order chi connectivity index (χ1) is 18.3. The monoisotopic (exact) mass is 512 g/mol. The molecule has 1 aromatic heterocycles. The van der Waals surface area contributed by atoms with E-state index in [1.165, 1.54) is 0 Å². The predicted octanol–water partition coefficient (Wildman–Crippen LogP) is 6.60. The van der Waals surface area contributed by atoms with Gasteiger partial charge in [0.1, 0.15) is 11.6 Å². The standard InChI is InChI=1S/C31H36N4O3/c1-6-23-12-7-10-17-28(23)35-29(33-27-16-9-8-15-26(27)30(35)36)22(4)34(19-18-21(2)3)31(37)32-24-13-11-14-25(20-24)38-5/h7-17,20-22H,6,18-19H2,1-5H3,(H,32,37). The Kier molecular flexibility index (Phi) is 8.46. The van der Waals surface area contributed by atoms with E-state index in [1.54, 1.807) is 28.7 Å². The van der Waals surface area contributed by atoms with Crippen LogP contribution in [-0.2, 0) is 6.42 Å². The van der Waals surface area contributed by atoms with Gasteiger partial charge in [-0.25, -0.2) is 9.78 Å². The molecule has 0 saturated carbocycles. The molecule has 0 radical (unpaired) electrons. The van der Waals surface area contributed by atoms with E-state index in [-0.39, 0.29) is 11.6 Å². The number of carbonyl (C=O) groups is 1. The molecule has 4 rings (SSSR count). The Morgan fingerprint density at radius 1 is 1.03 bits per heavy atom. The molecule has 0 fully saturated rings. The number of aryl methyl sites for hydroxylation is 1. The molecule has 0 spiro atoms. The molecular formula is C31H36N4O3. The van der Waals surface area contributed by atoms with Crippen molar-refractivity contribution in [2.45, 2.75) is 46.6 Å². The molecular weight excluding hydrogens is 476 g/mol. The van der Waals surface area contributed by atoms with Crippen LogP contribution in [0.15, 0.2) is 77.6 Å². The zero-order valence-electron chi connectivity index (χ0n) is 22.8. The highest BCUT2D eigenvalue weighted by Crippen LogP contribution is 2.26. The highest BCUT2D eigenvalue weighted by Gasteiger charge is 2.27. The molecule has 0 saturated heterocycles. The lowest BCUT2D eigenvalue weighted by Crippen LogP contribution is -2.41. The fraction of sp³-hybridized carbons (Fsp3) is 0.323. The van der Waals surface area contributed by atoms with E-state index in [4.69, 9.17) is 9.72 Å². The SMILES string of the molecule is CCc1ccccc1-n1c(C(C)N(CCC(C)C)C(=O)Nc2cccc(OC)c2)nc2ccccc2c1=O. The van der Waals surface area contributed by atoms with Crippen molar-refractivity contribution >= 4 is 22.6 Å². The van der Waals surface area contributed by atoms with Crippen molar-refractivity contribution in [3.63, 3.8) is 0 Å². The van der Waals surface area contributed by atoms with Gasteiger partial charge in [-0.1, -0.05) is 57.2 Å². The summed E-state index contributed by atoms with van der Waals surface area (Å²) in [4.78, 5) is 34.4. The summed E-state index contributed by atoms with van der Waals surface area (Å²) in [5, 5.41) is 3.56. The van der Waals surface area contributed by atoms with Gasteiger partial charge >= 0.3 is 6.03 Å². The fourth-order valence-corrected chi connectivity index (χ4v) is 4.59. The van der Waals surface area contributed by atoms with E-state index in [1.807, 2.05) is 67.6 Å². The molecule has 0 aliphatic rings. The summed E-state index contributed by atoms with van der Waals surface area (Å²) in [7, 11) is 1.59. The number of benzene rings is 3. The number of fused-ring (bicyclic) bond motifs is 1. The third-order valence-corrected chi connectivity index (χ3v) is 6.79. The van der Waals surface area contributed by atoms with Gasteiger partial charge in [-0.2, -0.15) is 0 Å². The third-order valence-electron chi connectivity index (χ3n) is 6.79. The number of carbonyl (C=O) groups excluding carboxylic acids is 1. The number of ether oxygens (including phenoxy) is 1. The van der Waals surface area contributed by atoms with E-state index in [2.05, 4.69) is 26.1 Å². The van der Waals surface area contributed by atoms with Gasteiger partial charge in [-0.05, 0) is 61.6 Å².